The van der Waals surface area contributed by atoms with Gasteiger partial charge in [-0.2, -0.15) is 4.98 Å². The summed E-state index contributed by atoms with van der Waals surface area (Å²) in [5.41, 5.74) is 5.12. The minimum atomic E-state index is -0.999. The van der Waals surface area contributed by atoms with E-state index in [1.807, 2.05) is 24.3 Å². The van der Waals surface area contributed by atoms with Crippen molar-refractivity contribution < 1.29 is 14.7 Å². The number of piperidine rings is 2. The standard InChI is InChI=1S/C47H54IN11O4/c1-2-19-58-45(62)39-26-49-46(53-43(39)59(58)40-13-5-33-15-18-47(63,30-48)42(33)51-40)50-34-6-10-36(11-7-34)56-22-24-57(25-23-56)37-28-54(29-37)27-31-16-20-55(21-17-31)35-8-3-32(4-9-35)38-12-14-41(60)52-44(38)61/h2-11,13,26,31,37-38,63H,1,12,14-25,27-30H2,(H,49,50,53)(H,52,60,61)/t38?,47-/m0/s1. The van der Waals surface area contributed by atoms with Gasteiger partial charge in [0, 0.05) is 99.1 Å². The van der Waals surface area contributed by atoms with Crippen molar-refractivity contribution in [1.82, 2.24) is 39.4 Å². The summed E-state index contributed by atoms with van der Waals surface area (Å²) >= 11 is 2.21. The number of anilines is 4. The highest BCUT2D eigenvalue weighted by Gasteiger charge is 2.38. The number of nitrogens with one attached hydrogen (secondary N) is 2. The zero-order chi connectivity index (χ0) is 43.2. The lowest BCUT2D eigenvalue weighted by Gasteiger charge is -2.49. The van der Waals surface area contributed by atoms with Gasteiger partial charge in [0.25, 0.3) is 5.56 Å². The topological polar surface area (TPSA) is 157 Å². The predicted octanol–water partition coefficient (Wildman–Crippen LogP) is 4.72. The molecular formula is C47H54IN11O4. The molecule has 1 aliphatic carbocycles. The van der Waals surface area contributed by atoms with Crippen molar-refractivity contribution in [3.8, 4) is 5.82 Å². The number of alkyl halides is 1. The van der Waals surface area contributed by atoms with E-state index in [4.69, 9.17) is 9.97 Å². The number of nitrogens with zero attached hydrogens (tertiary/aromatic N) is 9. The van der Waals surface area contributed by atoms with E-state index in [2.05, 4.69) is 101 Å². The highest BCUT2D eigenvalue weighted by Crippen LogP contribution is 2.38. The number of allylic oxidation sites excluding steroid dienone is 1. The number of aromatic nitrogens is 5. The molecule has 5 aromatic rings. The van der Waals surface area contributed by atoms with Crippen molar-refractivity contribution in [3.63, 3.8) is 0 Å². The van der Waals surface area contributed by atoms with Gasteiger partial charge >= 0.3 is 0 Å². The highest BCUT2D eigenvalue weighted by molar-refractivity contribution is 14.1. The normalized spacial score (nSPS) is 22.6. The molecule has 63 heavy (non-hydrogen) atoms. The lowest BCUT2D eigenvalue weighted by molar-refractivity contribution is -0.134. The van der Waals surface area contributed by atoms with Crippen LogP contribution in [0.2, 0.25) is 0 Å². The molecule has 0 radical (unpaired) electrons. The first-order valence-electron chi connectivity index (χ1n) is 22.3. The number of hydrogen-bond acceptors (Lipinski definition) is 12. The molecule has 2 amide bonds. The lowest BCUT2D eigenvalue weighted by Crippen LogP contribution is -2.63. The highest BCUT2D eigenvalue weighted by atomic mass is 127. The number of imide groups is 1. The Morgan fingerprint density at radius 1 is 0.873 bits per heavy atom. The molecule has 10 rings (SSSR count). The molecule has 1 unspecified atom stereocenters. The number of rotatable bonds is 12. The van der Waals surface area contributed by atoms with Crippen LogP contribution in [-0.2, 0) is 28.2 Å². The number of amides is 2. The van der Waals surface area contributed by atoms with Crippen LogP contribution in [0, 0.1) is 5.92 Å². The third-order valence-electron chi connectivity index (χ3n) is 13.9. The van der Waals surface area contributed by atoms with Crippen LogP contribution in [0.15, 0.2) is 84.3 Å². The van der Waals surface area contributed by atoms with E-state index in [1.54, 1.807) is 21.6 Å². The first-order chi connectivity index (χ1) is 30.7. The van der Waals surface area contributed by atoms with Gasteiger partial charge < -0.3 is 20.2 Å². The maximum absolute atomic E-state index is 13.5. The van der Waals surface area contributed by atoms with Crippen LogP contribution in [0.1, 0.15) is 54.8 Å². The molecular weight excluding hydrogens is 909 g/mol. The number of pyridine rings is 1. The fourth-order valence-electron chi connectivity index (χ4n) is 10.2. The van der Waals surface area contributed by atoms with Gasteiger partial charge in [0.2, 0.25) is 17.8 Å². The second kappa shape index (κ2) is 17.4. The van der Waals surface area contributed by atoms with Gasteiger partial charge in [-0.1, -0.05) is 46.9 Å². The van der Waals surface area contributed by atoms with E-state index in [1.165, 1.54) is 30.8 Å². The molecule has 0 spiro atoms. The van der Waals surface area contributed by atoms with Crippen LogP contribution in [0.3, 0.4) is 0 Å². The second-order valence-electron chi connectivity index (χ2n) is 17.9. The molecule has 328 valence electrons. The van der Waals surface area contributed by atoms with Crippen LogP contribution < -0.4 is 26.0 Å². The minimum absolute atomic E-state index is 0.174. The molecule has 0 saturated carbocycles. The summed E-state index contributed by atoms with van der Waals surface area (Å²) < 4.78 is 3.80. The van der Waals surface area contributed by atoms with Crippen molar-refractivity contribution in [2.75, 3.05) is 78.4 Å². The molecule has 2 aromatic carbocycles. The number of carbonyl (C=O) groups is 2. The molecule has 4 aliphatic heterocycles. The Morgan fingerprint density at radius 2 is 1.59 bits per heavy atom. The summed E-state index contributed by atoms with van der Waals surface area (Å²) in [5, 5.41) is 17.5. The van der Waals surface area contributed by atoms with Crippen molar-refractivity contribution in [2.24, 2.45) is 5.92 Å². The number of benzene rings is 2. The number of piperazine rings is 1. The zero-order valence-electron chi connectivity index (χ0n) is 35.5. The molecule has 16 heteroatoms. The number of aryl methyl sites for hydroxylation is 1. The zero-order valence-corrected chi connectivity index (χ0v) is 37.6. The molecule has 7 heterocycles. The van der Waals surface area contributed by atoms with Crippen LogP contribution in [0.4, 0.5) is 23.0 Å². The summed E-state index contributed by atoms with van der Waals surface area (Å²) in [7, 11) is 0. The Labute approximate surface area is 380 Å². The van der Waals surface area contributed by atoms with Crippen molar-refractivity contribution in [1.29, 1.82) is 0 Å². The molecule has 3 N–H and O–H groups in total. The van der Waals surface area contributed by atoms with Crippen LogP contribution in [0.25, 0.3) is 16.9 Å². The number of likely N-dealkylation sites (tertiary alicyclic amines) is 1. The van der Waals surface area contributed by atoms with Gasteiger partial charge in [-0.15, -0.1) is 6.58 Å². The van der Waals surface area contributed by atoms with E-state index in [0.717, 1.165) is 81.5 Å². The average Bonchev–Trinajstić information content (AvgIpc) is 3.77. The maximum Gasteiger partial charge on any atom is 0.278 e. The Kier molecular flexibility index (Phi) is 11.6. The molecule has 4 fully saturated rings. The quantitative estimate of drug-likeness (QED) is 0.0686. The second-order valence-corrected chi connectivity index (χ2v) is 18.6. The molecule has 4 saturated heterocycles. The number of halogens is 1. The molecule has 5 aliphatic rings. The number of aliphatic hydroxyl groups is 1. The Morgan fingerprint density at radius 3 is 2.29 bits per heavy atom. The van der Waals surface area contributed by atoms with Gasteiger partial charge in [0.15, 0.2) is 11.5 Å². The van der Waals surface area contributed by atoms with Gasteiger partial charge in [0.05, 0.1) is 18.2 Å². The number of fused-ring (bicyclic) bond motifs is 2. The predicted molar refractivity (Wildman–Crippen MR) is 252 cm³/mol. The van der Waals surface area contributed by atoms with Gasteiger partial charge in [-0.05, 0) is 91.6 Å². The lowest BCUT2D eigenvalue weighted by atomic mass is 9.90. The van der Waals surface area contributed by atoms with E-state index in [0.29, 0.717) is 58.2 Å². The van der Waals surface area contributed by atoms with E-state index in [-0.39, 0.29) is 29.8 Å². The average molecular weight is 964 g/mol. The fourth-order valence-corrected chi connectivity index (χ4v) is 11.0. The van der Waals surface area contributed by atoms with Crippen molar-refractivity contribution in [2.45, 2.75) is 62.6 Å². The molecule has 15 nitrogen and oxygen atoms in total. The molecule has 0 bridgehead atoms. The smallest absolute Gasteiger partial charge is 0.278 e. The first kappa shape index (κ1) is 41.8. The third-order valence-corrected chi connectivity index (χ3v) is 15.2. The largest absolute Gasteiger partial charge is 0.383 e. The fraction of sp³-hybridized carbons (Fsp3) is 0.447. The monoisotopic (exact) mass is 963 g/mol. The Hall–Kier alpha value is -5.17. The SMILES string of the molecule is C=CCn1c(=O)c2cnc(Nc3ccc(N4CCN(C5CN(CC6CCN(c7ccc(C8CCC(=O)NC8=O)cc7)CC6)C5)CC4)cc3)nc2n1-c1ccc2c(n1)[C@@](O)(CI)CC2. The first-order valence-corrected chi connectivity index (χ1v) is 23.8. The van der Waals surface area contributed by atoms with E-state index in [9.17, 15) is 19.5 Å². The number of hydrogen-bond donors (Lipinski definition) is 3. The van der Waals surface area contributed by atoms with E-state index >= 15 is 0 Å². The number of carbonyl (C=O) groups excluding carboxylic acids is 2. The summed E-state index contributed by atoms with van der Waals surface area (Å²) in [6, 6.07) is 21.3. The van der Waals surface area contributed by atoms with Crippen LogP contribution in [-0.4, -0.2) is 120 Å². The van der Waals surface area contributed by atoms with Crippen LogP contribution >= 0.6 is 22.6 Å². The summed E-state index contributed by atoms with van der Waals surface area (Å²) in [6.07, 6.45) is 7.98. The summed E-state index contributed by atoms with van der Waals surface area (Å²) in [6.45, 7) is 13.8. The van der Waals surface area contributed by atoms with Crippen LogP contribution in [0.5, 0.6) is 0 Å². The minimum Gasteiger partial charge on any atom is -0.383 e. The van der Waals surface area contributed by atoms with Gasteiger partial charge in [-0.3, -0.25) is 29.5 Å². The summed E-state index contributed by atoms with van der Waals surface area (Å²) in [5.74, 6) is 1.01. The Balaban J connectivity index is 0.699. The third kappa shape index (κ3) is 8.26. The Bertz CT molecular complexity index is 2570. The van der Waals surface area contributed by atoms with Gasteiger partial charge in [-0.25, -0.2) is 19.3 Å². The summed E-state index contributed by atoms with van der Waals surface area (Å²) in [4.78, 5) is 61.9. The van der Waals surface area contributed by atoms with Gasteiger partial charge in [0.1, 0.15) is 11.0 Å². The molecule has 3 aromatic heterocycles. The van der Waals surface area contributed by atoms with E-state index < -0.39 is 5.60 Å². The maximum atomic E-state index is 13.5. The molecule has 2 atom stereocenters. The van der Waals surface area contributed by atoms with Crippen molar-refractivity contribution in [3.05, 3.63) is 107 Å². The van der Waals surface area contributed by atoms with Crippen molar-refractivity contribution >= 4 is 68.4 Å².